The minimum Gasteiger partial charge on any atom is -0.506 e. The van der Waals surface area contributed by atoms with Crippen molar-refractivity contribution in [3.63, 3.8) is 0 Å². The van der Waals surface area contributed by atoms with Crippen LogP contribution in [-0.4, -0.2) is 42.2 Å². The number of hydrogen-bond acceptors (Lipinski definition) is 6. The molecule has 8 heteroatoms. The van der Waals surface area contributed by atoms with E-state index >= 15 is 0 Å². The summed E-state index contributed by atoms with van der Waals surface area (Å²) in [6.45, 7) is 1.61. The molecule has 0 fully saturated rings. The molecule has 0 aliphatic heterocycles. The van der Waals surface area contributed by atoms with E-state index in [-0.39, 0.29) is 30.5 Å². The first-order valence-corrected chi connectivity index (χ1v) is 8.32. The summed E-state index contributed by atoms with van der Waals surface area (Å²) >= 11 is 0. The first-order chi connectivity index (χ1) is 12.9. The molecule has 1 heterocycles. The van der Waals surface area contributed by atoms with Crippen LogP contribution in [0.2, 0.25) is 0 Å². The van der Waals surface area contributed by atoms with E-state index in [1.165, 1.54) is 26.3 Å². The van der Waals surface area contributed by atoms with Gasteiger partial charge < -0.3 is 25.2 Å². The second-order valence-electron chi connectivity index (χ2n) is 5.87. The molecule has 0 bridgehead atoms. The Kier molecular flexibility index (Phi) is 6.99. The average Bonchev–Trinajstić information content (AvgIpc) is 2.66. The Labute approximate surface area is 157 Å². The van der Waals surface area contributed by atoms with Gasteiger partial charge in [-0.05, 0) is 29.8 Å². The van der Waals surface area contributed by atoms with Crippen LogP contribution in [0.5, 0.6) is 17.2 Å². The van der Waals surface area contributed by atoms with Gasteiger partial charge >= 0.3 is 0 Å². The quantitative estimate of drug-likeness (QED) is 0.641. The van der Waals surface area contributed by atoms with E-state index in [1.54, 1.807) is 25.3 Å². The molecule has 2 amide bonds. The molecule has 0 saturated heterocycles. The second kappa shape index (κ2) is 9.42. The van der Waals surface area contributed by atoms with Crippen molar-refractivity contribution < 1.29 is 24.2 Å². The maximum absolute atomic E-state index is 12.5. The Morgan fingerprint density at radius 3 is 2.48 bits per heavy atom. The molecule has 0 unspecified atom stereocenters. The van der Waals surface area contributed by atoms with Crippen molar-refractivity contribution in [1.82, 2.24) is 15.6 Å². The normalized spacial score (nSPS) is 11.4. The van der Waals surface area contributed by atoms with Crippen molar-refractivity contribution in [2.45, 2.75) is 25.9 Å². The van der Waals surface area contributed by atoms with Gasteiger partial charge in [0.1, 0.15) is 11.8 Å². The van der Waals surface area contributed by atoms with Crippen molar-refractivity contribution in [2.24, 2.45) is 0 Å². The Balaban J connectivity index is 2.04. The number of benzene rings is 1. The molecule has 0 saturated carbocycles. The number of ether oxygens (including phenoxy) is 2. The monoisotopic (exact) mass is 373 g/mol. The fraction of sp³-hybridized carbons (Fsp3) is 0.316. The molecule has 27 heavy (non-hydrogen) atoms. The molecule has 2 aromatic rings. The van der Waals surface area contributed by atoms with E-state index in [0.29, 0.717) is 17.2 Å². The van der Waals surface area contributed by atoms with E-state index in [9.17, 15) is 14.7 Å². The number of hydrogen-bond donors (Lipinski definition) is 3. The zero-order valence-electron chi connectivity index (χ0n) is 15.5. The molecule has 0 aliphatic carbocycles. The van der Waals surface area contributed by atoms with Gasteiger partial charge in [0.15, 0.2) is 11.5 Å². The van der Waals surface area contributed by atoms with E-state index in [1.807, 2.05) is 6.07 Å². The molecule has 144 valence electrons. The lowest BCUT2D eigenvalue weighted by Gasteiger charge is -2.18. The molecule has 3 N–H and O–H groups in total. The number of nitrogens with one attached hydrogen (secondary N) is 2. The molecule has 0 aliphatic rings. The Morgan fingerprint density at radius 1 is 1.15 bits per heavy atom. The van der Waals surface area contributed by atoms with Crippen molar-refractivity contribution in [3.8, 4) is 17.2 Å². The van der Waals surface area contributed by atoms with Gasteiger partial charge in [0.05, 0.1) is 20.4 Å². The molecule has 0 radical (unpaired) electrons. The maximum Gasteiger partial charge on any atom is 0.243 e. The first-order valence-electron chi connectivity index (χ1n) is 8.32. The van der Waals surface area contributed by atoms with E-state index < -0.39 is 6.04 Å². The van der Waals surface area contributed by atoms with Crippen LogP contribution in [0.25, 0.3) is 0 Å². The van der Waals surface area contributed by atoms with Crippen molar-refractivity contribution >= 4 is 11.8 Å². The van der Waals surface area contributed by atoms with Crippen LogP contribution in [0.1, 0.15) is 18.2 Å². The Hall–Kier alpha value is -3.29. The largest absolute Gasteiger partial charge is 0.506 e. The lowest BCUT2D eigenvalue weighted by Crippen LogP contribution is -2.47. The van der Waals surface area contributed by atoms with Crippen LogP contribution in [0.3, 0.4) is 0 Å². The summed E-state index contributed by atoms with van der Waals surface area (Å²) < 4.78 is 10.4. The molecule has 1 atom stereocenters. The highest BCUT2D eigenvalue weighted by molar-refractivity contribution is 5.87. The van der Waals surface area contributed by atoms with Crippen LogP contribution in [-0.2, 0) is 22.6 Å². The number of nitrogens with zero attached hydrogens (tertiary/aromatic N) is 1. The Morgan fingerprint density at radius 2 is 1.89 bits per heavy atom. The van der Waals surface area contributed by atoms with Crippen LogP contribution in [0.4, 0.5) is 0 Å². The SMILES string of the molecule is COc1ccc(CNC(=O)[C@H](Cc2ccc(O)cn2)NC(C)=O)cc1OC. The summed E-state index contributed by atoms with van der Waals surface area (Å²) in [7, 11) is 3.09. The summed E-state index contributed by atoms with van der Waals surface area (Å²) in [5.74, 6) is 0.542. The predicted molar refractivity (Wildman–Crippen MR) is 98.6 cm³/mol. The third-order valence-corrected chi connectivity index (χ3v) is 3.83. The summed E-state index contributed by atoms with van der Waals surface area (Å²) in [6.07, 6.45) is 1.50. The summed E-state index contributed by atoms with van der Waals surface area (Å²) in [5, 5.41) is 14.7. The van der Waals surface area contributed by atoms with Crippen LogP contribution in [0.15, 0.2) is 36.5 Å². The highest BCUT2D eigenvalue weighted by atomic mass is 16.5. The Bertz CT molecular complexity index is 792. The van der Waals surface area contributed by atoms with Gasteiger partial charge in [0, 0.05) is 25.6 Å². The number of aromatic nitrogens is 1. The van der Waals surface area contributed by atoms with Crippen LogP contribution >= 0.6 is 0 Å². The number of carbonyl (C=O) groups is 2. The van der Waals surface area contributed by atoms with Gasteiger partial charge in [-0.15, -0.1) is 0 Å². The molecular formula is C19H23N3O5. The average molecular weight is 373 g/mol. The van der Waals surface area contributed by atoms with Gasteiger partial charge in [-0.25, -0.2) is 0 Å². The maximum atomic E-state index is 12.5. The zero-order chi connectivity index (χ0) is 19.8. The number of methoxy groups -OCH3 is 2. The highest BCUT2D eigenvalue weighted by Gasteiger charge is 2.20. The van der Waals surface area contributed by atoms with E-state index in [4.69, 9.17) is 9.47 Å². The van der Waals surface area contributed by atoms with Gasteiger partial charge in [-0.1, -0.05) is 6.07 Å². The predicted octanol–water partition coefficient (Wildman–Crippen LogP) is 1.17. The van der Waals surface area contributed by atoms with E-state index in [2.05, 4.69) is 15.6 Å². The fourth-order valence-electron chi connectivity index (χ4n) is 2.50. The number of carbonyl (C=O) groups excluding carboxylic acids is 2. The molecule has 8 nitrogen and oxygen atoms in total. The number of amides is 2. The lowest BCUT2D eigenvalue weighted by atomic mass is 10.1. The minimum atomic E-state index is -0.778. The molecular weight excluding hydrogens is 350 g/mol. The second-order valence-corrected chi connectivity index (χ2v) is 5.87. The van der Waals surface area contributed by atoms with Gasteiger partial charge in [-0.3, -0.25) is 14.6 Å². The molecule has 0 spiro atoms. The fourth-order valence-corrected chi connectivity index (χ4v) is 2.50. The standard InChI is InChI=1S/C19H23N3O5/c1-12(23)22-16(9-14-5-6-15(24)11-20-14)19(25)21-10-13-4-7-17(26-2)18(8-13)27-3/h4-8,11,16,24H,9-10H2,1-3H3,(H,21,25)(H,22,23)/t16-/m0/s1. The molecule has 1 aromatic heterocycles. The third kappa shape index (κ3) is 5.88. The molecule has 1 aromatic carbocycles. The van der Waals surface area contributed by atoms with Crippen LogP contribution in [0, 0.1) is 0 Å². The lowest BCUT2D eigenvalue weighted by molar-refractivity contribution is -0.128. The summed E-state index contributed by atoms with van der Waals surface area (Å²) in [6, 6.07) is 7.65. The third-order valence-electron chi connectivity index (χ3n) is 3.83. The topological polar surface area (TPSA) is 110 Å². The van der Waals surface area contributed by atoms with Gasteiger partial charge in [-0.2, -0.15) is 0 Å². The van der Waals surface area contributed by atoms with Gasteiger partial charge in [0.2, 0.25) is 11.8 Å². The highest BCUT2D eigenvalue weighted by Crippen LogP contribution is 2.27. The number of rotatable bonds is 8. The number of pyridine rings is 1. The van der Waals surface area contributed by atoms with Crippen LogP contribution < -0.4 is 20.1 Å². The number of aromatic hydroxyl groups is 1. The summed E-state index contributed by atoms with van der Waals surface area (Å²) in [5.41, 5.74) is 1.40. The van der Waals surface area contributed by atoms with Crippen molar-refractivity contribution in [2.75, 3.05) is 14.2 Å². The smallest absolute Gasteiger partial charge is 0.243 e. The van der Waals surface area contributed by atoms with Crippen molar-refractivity contribution in [1.29, 1.82) is 0 Å². The van der Waals surface area contributed by atoms with Crippen molar-refractivity contribution in [3.05, 3.63) is 47.8 Å². The first kappa shape index (κ1) is 20.0. The summed E-state index contributed by atoms with van der Waals surface area (Å²) in [4.78, 5) is 28.0. The van der Waals surface area contributed by atoms with E-state index in [0.717, 1.165) is 5.56 Å². The molecule has 2 rings (SSSR count). The minimum absolute atomic E-state index is 0.0349. The zero-order valence-corrected chi connectivity index (χ0v) is 15.5. The van der Waals surface area contributed by atoms with Gasteiger partial charge in [0.25, 0.3) is 0 Å².